The van der Waals surface area contributed by atoms with Gasteiger partial charge in [-0.25, -0.2) is 0 Å². The molecule has 0 amide bonds. The van der Waals surface area contributed by atoms with E-state index in [4.69, 9.17) is 8.83 Å². The molecular formula is C16H19N3O2S. The van der Waals surface area contributed by atoms with Crippen molar-refractivity contribution in [3.05, 3.63) is 45.4 Å². The maximum atomic E-state index is 5.76. The second kappa shape index (κ2) is 6.06. The van der Waals surface area contributed by atoms with Crippen LogP contribution in [0.1, 0.15) is 27.9 Å². The number of aromatic nitrogens is 2. The van der Waals surface area contributed by atoms with Crippen molar-refractivity contribution in [3.63, 3.8) is 0 Å². The monoisotopic (exact) mass is 317 g/mol. The van der Waals surface area contributed by atoms with Gasteiger partial charge in [-0.15, -0.1) is 21.5 Å². The molecule has 0 radical (unpaired) electrons. The quantitative estimate of drug-likeness (QED) is 0.713. The van der Waals surface area contributed by atoms with Crippen LogP contribution < -0.4 is 0 Å². The van der Waals surface area contributed by atoms with Gasteiger partial charge in [0.2, 0.25) is 5.89 Å². The molecule has 0 bridgehead atoms. The molecule has 0 saturated carbocycles. The van der Waals surface area contributed by atoms with Gasteiger partial charge in [0.05, 0.1) is 12.1 Å². The summed E-state index contributed by atoms with van der Waals surface area (Å²) in [5.74, 6) is 2.78. The van der Waals surface area contributed by atoms with Gasteiger partial charge in [-0.05, 0) is 50.9 Å². The van der Waals surface area contributed by atoms with E-state index in [0.717, 1.165) is 23.6 Å². The molecule has 3 heterocycles. The number of aryl methyl sites for hydroxylation is 3. The molecule has 0 fully saturated rings. The van der Waals surface area contributed by atoms with E-state index in [-0.39, 0.29) is 0 Å². The third-order valence-corrected chi connectivity index (χ3v) is 4.53. The number of nitrogens with zero attached hydrogens (tertiary/aromatic N) is 3. The highest BCUT2D eigenvalue weighted by Crippen LogP contribution is 2.25. The van der Waals surface area contributed by atoms with Crippen LogP contribution in [-0.2, 0) is 13.1 Å². The van der Waals surface area contributed by atoms with Crippen LogP contribution in [0.4, 0.5) is 0 Å². The summed E-state index contributed by atoms with van der Waals surface area (Å²) < 4.78 is 11.3. The molecule has 3 rings (SSSR count). The summed E-state index contributed by atoms with van der Waals surface area (Å²) in [5.41, 5.74) is 2.19. The first-order valence-corrected chi connectivity index (χ1v) is 8.02. The molecule has 5 nitrogen and oxygen atoms in total. The normalized spacial score (nSPS) is 11.5. The minimum Gasteiger partial charge on any atom is -0.466 e. The Morgan fingerprint density at radius 3 is 2.59 bits per heavy atom. The maximum absolute atomic E-state index is 5.76. The molecule has 0 aliphatic carbocycles. The molecule has 3 aromatic rings. The van der Waals surface area contributed by atoms with Gasteiger partial charge in [0, 0.05) is 11.4 Å². The van der Waals surface area contributed by atoms with Crippen LogP contribution in [0.2, 0.25) is 0 Å². The summed E-state index contributed by atoms with van der Waals surface area (Å²) in [6.07, 6.45) is 0. The van der Waals surface area contributed by atoms with E-state index < -0.39 is 0 Å². The predicted molar refractivity (Wildman–Crippen MR) is 85.7 cm³/mol. The zero-order valence-corrected chi connectivity index (χ0v) is 14.0. The van der Waals surface area contributed by atoms with Crippen molar-refractivity contribution in [2.24, 2.45) is 0 Å². The molecule has 0 aliphatic rings. The average Bonchev–Trinajstić information content (AvgIpc) is 3.13. The van der Waals surface area contributed by atoms with Crippen molar-refractivity contribution in [1.29, 1.82) is 0 Å². The van der Waals surface area contributed by atoms with E-state index in [1.54, 1.807) is 11.3 Å². The molecule has 22 heavy (non-hydrogen) atoms. The van der Waals surface area contributed by atoms with Gasteiger partial charge in [0.15, 0.2) is 0 Å². The standard InChI is InChI=1S/C16H19N3O2S/c1-10-5-6-22-14(10)8-19(4)9-15-17-18-16(21-15)13-7-11(2)20-12(13)3/h5-7H,8-9H2,1-4H3. The molecule has 3 aromatic heterocycles. The third-order valence-electron chi connectivity index (χ3n) is 3.53. The fourth-order valence-corrected chi connectivity index (χ4v) is 3.35. The number of furan rings is 1. The molecule has 0 aliphatic heterocycles. The van der Waals surface area contributed by atoms with E-state index in [9.17, 15) is 0 Å². The highest BCUT2D eigenvalue weighted by Gasteiger charge is 2.16. The van der Waals surface area contributed by atoms with Gasteiger partial charge in [-0.2, -0.15) is 0 Å². The van der Waals surface area contributed by atoms with Crippen LogP contribution in [0.25, 0.3) is 11.5 Å². The lowest BCUT2D eigenvalue weighted by molar-refractivity contribution is 0.284. The molecule has 0 saturated heterocycles. The minimum atomic E-state index is 0.519. The average molecular weight is 317 g/mol. The van der Waals surface area contributed by atoms with Crippen molar-refractivity contribution in [3.8, 4) is 11.5 Å². The summed E-state index contributed by atoms with van der Waals surface area (Å²) >= 11 is 1.77. The molecule has 0 spiro atoms. The van der Waals surface area contributed by atoms with Crippen LogP contribution >= 0.6 is 11.3 Å². The molecule has 0 unspecified atom stereocenters. The Hall–Kier alpha value is -1.92. The number of thiophene rings is 1. The Labute approximate surface area is 133 Å². The highest BCUT2D eigenvalue weighted by molar-refractivity contribution is 7.10. The van der Waals surface area contributed by atoms with Crippen molar-refractivity contribution in [2.75, 3.05) is 7.05 Å². The Morgan fingerprint density at radius 1 is 1.14 bits per heavy atom. The molecule has 116 valence electrons. The Kier molecular flexibility index (Phi) is 4.13. The fraction of sp³-hybridized carbons (Fsp3) is 0.375. The van der Waals surface area contributed by atoms with Crippen molar-refractivity contribution < 1.29 is 8.83 Å². The number of hydrogen-bond acceptors (Lipinski definition) is 6. The summed E-state index contributed by atoms with van der Waals surface area (Å²) in [7, 11) is 2.05. The van der Waals surface area contributed by atoms with Crippen LogP contribution in [0.3, 0.4) is 0 Å². The first kappa shape index (κ1) is 15.0. The lowest BCUT2D eigenvalue weighted by Crippen LogP contribution is -2.17. The molecular weight excluding hydrogens is 298 g/mol. The molecule has 0 aromatic carbocycles. The summed E-state index contributed by atoms with van der Waals surface area (Å²) in [4.78, 5) is 3.53. The molecule has 0 N–H and O–H groups in total. The van der Waals surface area contributed by atoms with Gasteiger partial charge in [-0.3, -0.25) is 4.90 Å². The fourth-order valence-electron chi connectivity index (χ4n) is 2.37. The van der Waals surface area contributed by atoms with Crippen molar-refractivity contribution in [1.82, 2.24) is 15.1 Å². The zero-order chi connectivity index (χ0) is 15.7. The Bertz CT molecular complexity index is 772. The van der Waals surface area contributed by atoms with Gasteiger partial charge < -0.3 is 8.83 Å². The van der Waals surface area contributed by atoms with E-state index in [0.29, 0.717) is 18.3 Å². The van der Waals surface area contributed by atoms with Crippen molar-refractivity contribution >= 4 is 11.3 Å². The minimum absolute atomic E-state index is 0.519. The van der Waals surface area contributed by atoms with Crippen LogP contribution in [-0.4, -0.2) is 22.1 Å². The summed E-state index contributed by atoms with van der Waals surface area (Å²) in [6.45, 7) is 7.45. The largest absolute Gasteiger partial charge is 0.466 e. The van der Waals surface area contributed by atoms with Crippen molar-refractivity contribution in [2.45, 2.75) is 33.9 Å². The van der Waals surface area contributed by atoms with E-state index >= 15 is 0 Å². The smallest absolute Gasteiger partial charge is 0.251 e. The van der Waals surface area contributed by atoms with Crippen LogP contribution in [0, 0.1) is 20.8 Å². The Balaban J connectivity index is 1.69. The second-order valence-electron chi connectivity index (χ2n) is 5.53. The van der Waals surface area contributed by atoms with Crippen LogP contribution in [0.5, 0.6) is 0 Å². The maximum Gasteiger partial charge on any atom is 0.251 e. The lowest BCUT2D eigenvalue weighted by atomic mass is 10.2. The van der Waals surface area contributed by atoms with E-state index in [1.807, 2.05) is 19.9 Å². The summed E-state index contributed by atoms with van der Waals surface area (Å²) in [5, 5.41) is 10.4. The van der Waals surface area contributed by atoms with Gasteiger partial charge >= 0.3 is 0 Å². The van der Waals surface area contributed by atoms with E-state index in [2.05, 4.69) is 40.5 Å². The Morgan fingerprint density at radius 2 is 1.95 bits per heavy atom. The second-order valence-corrected chi connectivity index (χ2v) is 6.53. The first-order chi connectivity index (χ1) is 10.5. The lowest BCUT2D eigenvalue weighted by Gasteiger charge is -2.13. The van der Waals surface area contributed by atoms with Crippen LogP contribution in [0.15, 0.2) is 26.3 Å². The SMILES string of the molecule is Cc1cc(-c2nnc(CN(C)Cc3sccc3C)o2)c(C)o1. The highest BCUT2D eigenvalue weighted by atomic mass is 32.1. The zero-order valence-electron chi connectivity index (χ0n) is 13.2. The third kappa shape index (κ3) is 3.13. The number of hydrogen-bond donors (Lipinski definition) is 0. The molecule has 0 atom stereocenters. The van der Waals surface area contributed by atoms with E-state index in [1.165, 1.54) is 10.4 Å². The predicted octanol–water partition coefficient (Wildman–Crippen LogP) is 3.95. The van der Waals surface area contributed by atoms with Gasteiger partial charge in [-0.1, -0.05) is 0 Å². The number of rotatable bonds is 5. The molecule has 6 heteroatoms. The van der Waals surface area contributed by atoms with Gasteiger partial charge in [0.1, 0.15) is 11.5 Å². The van der Waals surface area contributed by atoms with Gasteiger partial charge in [0.25, 0.3) is 5.89 Å². The topological polar surface area (TPSA) is 55.3 Å². The summed E-state index contributed by atoms with van der Waals surface area (Å²) in [6, 6.07) is 4.06. The first-order valence-electron chi connectivity index (χ1n) is 7.14.